The van der Waals surface area contributed by atoms with Gasteiger partial charge in [-0.05, 0) is 44.2 Å². The van der Waals surface area contributed by atoms with Crippen molar-refractivity contribution in [3.63, 3.8) is 0 Å². The van der Waals surface area contributed by atoms with Crippen LogP contribution >= 0.6 is 0 Å². The molecule has 0 heterocycles. The Hall–Kier alpha value is -1.55. The van der Waals surface area contributed by atoms with E-state index < -0.39 is 0 Å². The van der Waals surface area contributed by atoms with E-state index in [1.54, 1.807) is 26.1 Å². The molecule has 4 heteroatoms. The van der Waals surface area contributed by atoms with E-state index in [-0.39, 0.29) is 18.2 Å². The SMILES string of the molecule is CNCC(=O)Nc1cc(C)c(O)cc1C. The number of nitrogens with one attached hydrogen (secondary N) is 2. The van der Waals surface area contributed by atoms with E-state index in [2.05, 4.69) is 10.6 Å². The van der Waals surface area contributed by atoms with E-state index in [4.69, 9.17) is 0 Å². The molecule has 4 nitrogen and oxygen atoms in total. The lowest BCUT2D eigenvalue weighted by Crippen LogP contribution is -2.25. The maximum Gasteiger partial charge on any atom is 0.238 e. The van der Waals surface area contributed by atoms with Gasteiger partial charge in [0.05, 0.1) is 6.54 Å². The topological polar surface area (TPSA) is 61.4 Å². The van der Waals surface area contributed by atoms with Crippen LogP contribution in [-0.4, -0.2) is 24.6 Å². The van der Waals surface area contributed by atoms with Crippen LogP contribution in [0.25, 0.3) is 0 Å². The number of hydrogen-bond donors (Lipinski definition) is 3. The summed E-state index contributed by atoms with van der Waals surface area (Å²) in [5, 5.41) is 15.0. The number of likely N-dealkylation sites (N-methyl/N-ethyl adjacent to an activating group) is 1. The third-order valence-corrected chi connectivity index (χ3v) is 2.15. The van der Waals surface area contributed by atoms with Crippen LogP contribution in [0.5, 0.6) is 5.75 Å². The summed E-state index contributed by atoms with van der Waals surface area (Å²) < 4.78 is 0. The van der Waals surface area contributed by atoms with Gasteiger partial charge >= 0.3 is 0 Å². The van der Waals surface area contributed by atoms with Crippen LogP contribution in [0.15, 0.2) is 12.1 Å². The Morgan fingerprint density at radius 1 is 1.33 bits per heavy atom. The molecule has 0 atom stereocenters. The maximum absolute atomic E-state index is 11.3. The highest BCUT2D eigenvalue weighted by molar-refractivity contribution is 5.93. The summed E-state index contributed by atoms with van der Waals surface area (Å²) in [6.45, 7) is 3.91. The van der Waals surface area contributed by atoms with Crippen molar-refractivity contribution < 1.29 is 9.90 Å². The summed E-state index contributed by atoms with van der Waals surface area (Å²) >= 11 is 0. The average Bonchev–Trinajstić information content (AvgIpc) is 2.14. The molecule has 0 spiro atoms. The first-order valence-electron chi connectivity index (χ1n) is 4.79. The highest BCUT2D eigenvalue weighted by Gasteiger charge is 2.06. The molecule has 0 bridgehead atoms. The smallest absolute Gasteiger partial charge is 0.238 e. The van der Waals surface area contributed by atoms with Crippen LogP contribution in [0, 0.1) is 13.8 Å². The summed E-state index contributed by atoms with van der Waals surface area (Å²) in [4.78, 5) is 11.3. The zero-order chi connectivity index (χ0) is 11.4. The number of aromatic hydroxyl groups is 1. The maximum atomic E-state index is 11.3. The first-order chi connectivity index (χ1) is 7.04. The first-order valence-corrected chi connectivity index (χ1v) is 4.79. The molecule has 0 unspecified atom stereocenters. The van der Waals surface area contributed by atoms with E-state index in [9.17, 15) is 9.90 Å². The molecule has 15 heavy (non-hydrogen) atoms. The van der Waals surface area contributed by atoms with Crippen molar-refractivity contribution in [2.24, 2.45) is 0 Å². The van der Waals surface area contributed by atoms with Crippen LogP contribution in [0.3, 0.4) is 0 Å². The second-order valence-corrected chi connectivity index (χ2v) is 3.53. The first kappa shape index (κ1) is 11.5. The Labute approximate surface area is 89.3 Å². The van der Waals surface area contributed by atoms with Crippen molar-refractivity contribution in [3.05, 3.63) is 23.3 Å². The van der Waals surface area contributed by atoms with Gasteiger partial charge in [0.2, 0.25) is 5.91 Å². The number of carbonyl (C=O) groups excluding carboxylic acids is 1. The van der Waals surface area contributed by atoms with Gasteiger partial charge in [-0.25, -0.2) is 0 Å². The fraction of sp³-hybridized carbons (Fsp3) is 0.364. The largest absolute Gasteiger partial charge is 0.508 e. The Balaban J connectivity index is 2.86. The lowest BCUT2D eigenvalue weighted by atomic mass is 10.1. The highest BCUT2D eigenvalue weighted by atomic mass is 16.3. The number of phenols is 1. The van der Waals surface area contributed by atoms with E-state index in [1.165, 1.54) is 0 Å². The zero-order valence-corrected chi connectivity index (χ0v) is 9.22. The van der Waals surface area contributed by atoms with Crippen LogP contribution in [0.2, 0.25) is 0 Å². The van der Waals surface area contributed by atoms with Gasteiger partial charge in [0.1, 0.15) is 5.75 Å². The molecule has 3 N–H and O–H groups in total. The minimum Gasteiger partial charge on any atom is -0.508 e. The van der Waals surface area contributed by atoms with Gasteiger partial charge < -0.3 is 15.7 Å². The Morgan fingerprint density at radius 3 is 2.60 bits per heavy atom. The van der Waals surface area contributed by atoms with E-state index >= 15 is 0 Å². The van der Waals surface area contributed by atoms with Gasteiger partial charge in [-0.2, -0.15) is 0 Å². The summed E-state index contributed by atoms with van der Waals surface area (Å²) in [7, 11) is 1.72. The predicted molar refractivity (Wildman–Crippen MR) is 60.1 cm³/mol. The summed E-state index contributed by atoms with van der Waals surface area (Å²) in [5.74, 6) is 0.157. The molecule has 1 rings (SSSR count). The minimum absolute atomic E-state index is 0.0920. The van der Waals surface area contributed by atoms with Gasteiger partial charge in [-0.15, -0.1) is 0 Å². The molecule has 0 aliphatic rings. The third kappa shape index (κ3) is 2.95. The molecule has 0 fully saturated rings. The Morgan fingerprint density at radius 2 is 2.00 bits per heavy atom. The number of hydrogen-bond acceptors (Lipinski definition) is 3. The number of rotatable bonds is 3. The molecule has 0 aromatic heterocycles. The van der Waals surface area contributed by atoms with Crippen molar-refractivity contribution in [3.8, 4) is 5.75 Å². The predicted octanol–water partition coefficient (Wildman–Crippen LogP) is 1.17. The standard InChI is InChI=1S/C11H16N2O2/c1-7-5-10(14)8(2)4-9(7)13-11(15)6-12-3/h4-5,12,14H,6H2,1-3H3,(H,13,15). The quantitative estimate of drug-likeness (QED) is 0.653. The summed E-state index contributed by atoms with van der Waals surface area (Å²) in [5.41, 5.74) is 2.34. The number of amides is 1. The lowest BCUT2D eigenvalue weighted by Gasteiger charge is -2.10. The number of phenolic OH excluding ortho intramolecular Hbond substituents is 1. The van der Waals surface area contributed by atoms with Gasteiger partial charge in [0.25, 0.3) is 0 Å². The monoisotopic (exact) mass is 208 g/mol. The van der Waals surface area contributed by atoms with E-state index in [0.29, 0.717) is 0 Å². The molecule has 0 saturated heterocycles. The molecular formula is C11H16N2O2. The molecule has 1 amide bonds. The van der Waals surface area contributed by atoms with E-state index in [0.717, 1.165) is 16.8 Å². The Kier molecular flexibility index (Phi) is 3.68. The molecule has 0 aliphatic carbocycles. The van der Waals surface area contributed by atoms with E-state index in [1.807, 2.05) is 6.92 Å². The fourth-order valence-electron chi connectivity index (χ4n) is 1.29. The van der Waals surface area contributed by atoms with Crippen molar-refractivity contribution in [1.29, 1.82) is 0 Å². The van der Waals surface area contributed by atoms with Crippen LogP contribution < -0.4 is 10.6 Å². The minimum atomic E-state index is -0.0920. The van der Waals surface area contributed by atoms with Crippen LogP contribution in [-0.2, 0) is 4.79 Å². The number of anilines is 1. The van der Waals surface area contributed by atoms with Crippen LogP contribution in [0.4, 0.5) is 5.69 Å². The second-order valence-electron chi connectivity index (χ2n) is 3.53. The van der Waals surface area contributed by atoms with Crippen molar-refractivity contribution in [2.75, 3.05) is 18.9 Å². The Bertz CT molecular complexity index is 375. The van der Waals surface area contributed by atoms with Gasteiger partial charge in [0, 0.05) is 5.69 Å². The zero-order valence-electron chi connectivity index (χ0n) is 9.22. The second kappa shape index (κ2) is 4.79. The van der Waals surface area contributed by atoms with Crippen molar-refractivity contribution >= 4 is 11.6 Å². The van der Waals surface area contributed by atoms with Crippen LogP contribution in [0.1, 0.15) is 11.1 Å². The molecule has 1 aromatic carbocycles. The molecule has 0 saturated carbocycles. The highest BCUT2D eigenvalue weighted by Crippen LogP contribution is 2.24. The fourth-order valence-corrected chi connectivity index (χ4v) is 1.29. The van der Waals surface area contributed by atoms with Gasteiger partial charge in [-0.3, -0.25) is 4.79 Å². The molecule has 0 radical (unpaired) electrons. The third-order valence-electron chi connectivity index (χ3n) is 2.15. The number of aryl methyl sites for hydroxylation is 2. The molecular weight excluding hydrogens is 192 g/mol. The lowest BCUT2D eigenvalue weighted by molar-refractivity contribution is -0.115. The summed E-state index contributed by atoms with van der Waals surface area (Å²) in [6.07, 6.45) is 0. The number of benzene rings is 1. The summed E-state index contributed by atoms with van der Waals surface area (Å²) in [6, 6.07) is 3.41. The molecule has 1 aromatic rings. The normalized spacial score (nSPS) is 10.1. The average molecular weight is 208 g/mol. The number of carbonyl (C=O) groups is 1. The van der Waals surface area contributed by atoms with Crippen molar-refractivity contribution in [2.45, 2.75) is 13.8 Å². The molecule has 0 aliphatic heterocycles. The van der Waals surface area contributed by atoms with Gasteiger partial charge in [-0.1, -0.05) is 0 Å². The van der Waals surface area contributed by atoms with Crippen molar-refractivity contribution in [1.82, 2.24) is 5.32 Å². The molecule has 82 valence electrons. The van der Waals surface area contributed by atoms with Gasteiger partial charge in [0.15, 0.2) is 0 Å².